The number of hydrogen-bond donors (Lipinski definition) is 0. The summed E-state index contributed by atoms with van der Waals surface area (Å²) in [6, 6.07) is 3.49. The lowest BCUT2D eigenvalue weighted by Gasteiger charge is -2.27. The summed E-state index contributed by atoms with van der Waals surface area (Å²) in [5.74, 6) is 1.06. The predicted molar refractivity (Wildman–Crippen MR) is 66.3 cm³/mol. The minimum atomic E-state index is 0.0184. The highest BCUT2D eigenvalue weighted by atomic mass is 16.5. The van der Waals surface area contributed by atoms with Crippen LogP contribution in [0.1, 0.15) is 29.8 Å². The molecule has 1 aliphatic carbocycles. The van der Waals surface area contributed by atoms with Gasteiger partial charge in [0.15, 0.2) is 5.76 Å². The number of amides is 1. The second-order valence-corrected chi connectivity index (χ2v) is 5.55. The van der Waals surface area contributed by atoms with Crippen LogP contribution in [0.15, 0.2) is 22.8 Å². The van der Waals surface area contributed by atoms with Gasteiger partial charge >= 0.3 is 0 Å². The number of likely N-dealkylation sites (tertiary alicyclic amines) is 1. The van der Waals surface area contributed by atoms with E-state index in [4.69, 9.17) is 9.15 Å². The molecule has 2 atom stereocenters. The molecule has 0 spiro atoms. The molecule has 0 aromatic carbocycles. The van der Waals surface area contributed by atoms with Gasteiger partial charge in [-0.05, 0) is 30.9 Å². The van der Waals surface area contributed by atoms with Crippen molar-refractivity contribution in [2.75, 3.05) is 26.8 Å². The molecular formula is C14H19NO3. The predicted octanol–water partition coefficient (Wildman–Crippen LogP) is 2.17. The van der Waals surface area contributed by atoms with Gasteiger partial charge < -0.3 is 14.1 Å². The zero-order valence-corrected chi connectivity index (χ0v) is 10.7. The quantitative estimate of drug-likeness (QED) is 0.824. The molecule has 0 unspecified atom stereocenters. The summed E-state index contributed by atoms with van der Waals surface area (Å²) in [7, 11) is 1.75. The second kappa shape index (κ2) is 4.43. The zero-order valence-electron chi connectivity index (χ0n) is 10.7. The SMILES string of the molecule is COC[C@@]12CCC[C@@H]1CN(C(=O)c1ccco1)C2. The summed E-state index contributed by atoms with van der Waals surface area (Å²) < 4.78 is 10.6. The van der Waals surface area contributed by atoms with E-state index in [0.717, 1.165) is 19.7 Å². The van der Waals surface area contributed by atoms with Gasteiger partial charge in [0.05, 0.1) is 12.9 Å². The molecule has 0 N–H and O–H groups in total. The first-order valence-corrected chi connectivity index (χ1v) is 6.57. The lowest BCUT2D eigenvalue weighted by atomic mass is 9.82. The van der Waals surface area contributed by atoms with Crippen LogP contribution in [0.4, 0.5) is 0 Å². The van der Waals surface area contributed by atoms with Crippen molar-refractivity contribution in [1.29, 1.82) is 0 Å². The monoisotopic (exact) mass is 249 g/mol. The maximum atomic E-state index is 12.3. The smallest absolute Gasteiger partial charge is 0.289 e. The van der Waals surface area contributed by atoms with Gasteiger partial charge in [-0.3, -0.25) is 4.79 Å². The van der Waals surface area contributed by atoms with E-state index >= 15 is 0 Å². The van der Waals surface area contributed by atoms with Gasteiger partial charge in [-0.2, -0.15) is 0 Å². The largest absolute Gasteiger partial charge is 0.459 e. The maximum Gasteiger partial charge on any atom is 0.289 e. The Kier molecular flexibility index (Phi) is 2.90. The second-order valence-electron chi connectivity index (χ2n) is 5.55. The standard InChI is InChI=1S/C14H19NO3/c1-17-10-14-6-2-4-11(14)8-15(9-14)13(16)12-5-3-7-18-12/h3,5,7,11H,2,4,6,8-10H2,1H3/t11-,14+/m1/s1. The van der Waals surface area contributed by atoms with Crippen molar-refractivity contribution in [1.82, 2.24) is 4.90 Å². The molecule has 2 fully saturated rings. The van der Waals surface area contributed by atoms with Crippen LogP contribution in [-0.4, -0.2) is 37.6 Å². The van der Waals surface area contributed by atoms with Gasteiger partial charge in [0, 0.05) is 25.6 Å². The van der Waals surface area contributed by atoms with Crippen LogP contribution in [0.3, 0.4) is 0 Å². The maximum absolute atomic E-state index is 12.3. The van der Waals surface area contributed by atoms with Gasteiger partial charge in [-0.25, -0.2) is 0 Å². The normalized spacial score (nSPS) is 30.7. The van der Waals surface area contributed by atoms with Crippen LogP contribution < -0.4 is 0 Å². The first kappa shape index (κ1) is 11.8. The Hall–Kier alpha value is -1.29. The van der Waals surface area contributed by atoms with Crippen LogP contribution in [-0.2, 0) is 4.74 Å². The molecule has 0 radical (unpaired) electrons. The number of hydrogen-bond acceptors (Lipinski definition) is 3. The summed E-state index contributed by atoms with van der Waals surface area (Å²) in [5, 5.41) is 0. The van der Waals surface area contributed by atoms with Gasteiger partial charge in [-0.1, -0.05) is 6.42 Å². The number of carbonyl (C=O) groups excluding carboxylic acids is 1. The third kappa shape index (κ3) is 1.75. The Bertz CT molecular complexity index is 428. The fourth-order valence-electron chi connectivity index (χ4n) is 3.65. The molecule has 4 heteroatoms. The van der Waals surface area contributed by atoms with Crippen LogP contribution in [0.2, 0.25) is 0 Å². The van der Waals surface area contributed by atoms with Crippen molar-refractivity contribution < 1.29 is 13.9 Å². The molecule has 4 nitrogen and oxygen atoms in total. The average Bonchev–Trinajstić information content (AvgIpc) is 3.02. The van der Waals surface area contributed by atoms with Crippen LogP contribution >= 0.6 is 0 Å². The third-order valence-corrected chi connectivity index (χ3v) is 4.49. The minimum Gasteiger partial charge on any atom is -0.459 e. The van der Waals surface area contributed by atoms with Crippen molar-refractivity contribution in [2.45, 2.75) is 19.3 Å². The molecule has 18 heavy (non-hydrogen) atoms. The van der Waals surface area contributed by atoms with Gasteiger partial charge in [-0.15, -0.1) is 0 Å². The van der Waals surface area contributed by atoms with E-state index in [-0.39, 0.29) is 11.3 Å². The number of ether oxygens (including phenoxy) is 1. The van der Waals surface area contributed by atoms with Gasteiger partial charge in [0.25, 0.3) is 5.91 Å². The van der Waals surface area contributed by atoms with Crippen molar-refractivity contribution >= 4 is 5.91 Å². The molecule has 2 heterocycles. The fraction of sp³-hybridized carbons (Fsp3) is 0.643. The molecule has 1 saturated heterocycles. The topological polar surface area (TPSA) is 42.7 Å². The lowest BCUT2D eigenvalue weighted by molar-refractivity contribution is 0.0609. The number of furan rings is 1. The molecule has 2 aliphatic rings. The first-order chi connectivity index (χ1) is 8.75. The van der Waals surface area contributed by atoms with Crippen molar-refractivity contribution in [3.05, 3.63) is 24.2 Å². The molecule has 1 amide bonds. The van der Waals surface area contributed by atoms with Crippen molar-refractivity contribution in [2.24, 2.45) is 11.3 Å². The van der Waals surface area contributed by atoms with Crippen molar-refractivity contribution in [3.63, 3.8) is 0 Å². The zero-order chi connectivity index (χ0) is 12.6. The molecule has 1 aliphatic heterocycles. The summed E-state index contributed by atoms with van der Waals surface area (Å²) >= 11 is 0. The number of methoxy groups -OCH3 is 1. The van der Waals surface area contributed by atoms with Gasteiger partial charge in [0.1, 0.15) is 0 Å². The lowest BCUT2D eigenvalue weighted by Crippen LogP contribution is -2.34. The van der Waals surface area contributed by atoms with Crippen LogP contribution in [0, 0.1) is 11.3 Å². The van der Waals surface area contributed by atoms with Crippen LogP contribution in [0.25, 0.3) is 0 Å². The number of carbonyl (C=O) groups is 1. The first-order valence-electron chi connectivity index (χ1n) is 6.57. The molecule has 3 rings (SSSR count). The Morgan fingerprint density at radius 1 is 1.67 bits per heavy atom. The summed E-state index contributed by atoms with van der Waals surface area (Å²) in [4.78, 5) is 14.2. The molecule has 1 saturated carbocycles. The van der Waals surface area contributed by atoms with E-state index in [2.05, 4.69) is 0 Å². The van der Waals surface area contributed by atoms with E-state index < -0.39 is 0 Å². The summed E-state index contributed by atoms with van der Waals surface area (Å²) in [5.41, 5.74) is 0.191. The van der Waals surface area contributed by atoms with Crippen molar-refractivity contribution in [3.8, 4) is 0 Å². The fourth-order valence-corrected chi connectivity index (χ4v) is 3.65. The van der Waals surface area contributed by atoms with E-state index in [1.165, 1.54) is 19.3 Å². The number of rotatable bonds is 3. The summed E-state index contributed by atoms with van der Waals surface area (Å²) in [6.07, 6.45) is 5.20. The Balaban J connectivity index is 1.76. The van der Waals surface area contributed by atoms with Gasteiger partial charge in [0.2, 0.25) is 0 Å². The Morgan fingerprint density at radius 2 is 2.56 bits per heavy atom. The Morgan fingerprint density at radius 3 is 3.28 bits per heavy atom. The number of nitrogens with zero attached hydrogens (tertiary/aromatic N) is 1. The Labute approximate surface area is 107 Å². The number of fused-ring (bicyclic) bond motifs is 1. The van der Waals surface area contributed by atoms with E-state index in [0.29, 0.717) is 11.7 Å². The molecule has 98 valence electrons. The molecule has 0 bridgehead atoms. The molecule has 1 aromatic heterocycles. The molecular weight excluding hydrogens is 230 g/mol. The highest BCUT2D eigenvalue weighted by molar-refractivity contribution is 5.91. The summed E-state index contributed by atoms with van der Waals surface area (Å²) in [6.45, 7) is 2.42. The average molecular weight is 249 g/mol. The third-order valence-electron chi connectivity index (χ3n) is 4.49. The van der Waals surface area contributed by atoms with E-state index in [1.807, 2.05) is 4.90 Å². The van der Waals surface area contributed by atoms with E-state index in [9.17, 15) is 4.79 Å². The minimum absolute atomic E-state index is 0.0184. The highest BCUT2D eigenvalue weighted by Crippen LogP contribution is 2.49. The highest BCUT2D eigenvalue weighted by Gasteiger charge is 2.50. The van der Waals surface area contributed by atoms with E-state index in [1.54, 1.807) is 25.5 Å². The van der Waals surface area contributed by atoms with Crippen LogP contribution in [0.5, 0.6) is 0 Å². The molecule has 1 aromatic rings.